The lowest BCUT2D eigenvalue weighted by Crippen LogP contribution is -2.19. The molecule has 1 aromatic carbocycles. The number of amides is 1. The van der Waals surface area contributed by atoms with Gasteiger partial charge in [-0.05, 0) is 29.8 Å². The maximum absolute atomic E-state index is 13.5. The van der Waals surface area contributed by atoms with Gasteiger partial charge in [-0.3, -0.25) is 4.79 Å². The molecule has 0 aliphatic rings. The first-order valence-corrected chi connectivity index (χ1v) is 6.70. The van der Waals surface area contributed by atoms with E-state index in [1.807, 2.05) is 0 Å². The molecule has 22 heavy (non-hydrogen) atoms. The van der Waals surface area contributed by atoms with Gasteiger partial charge >= 0.3 is 0 Å². The van der Waals surface area contributed by atoms with Crippen molar-refractivity contribution < 1.29 is 13.9 Å². The minimum absolute atomic E-state index is 0.223. The number of carbonyl (C=O) groups is 1. The molecule has 0 bridgehead atoms. The average molecular weight is 304 g/mol. The van der Waals surface area contributed by atoms with Gasteiger partial charge in [0.05, 0.1) is 6.61 Å². The number of methoxy groups -OCH3 is 1. The van der Waals surface area contributed by atoms with Crippen LogP contribution < -0.4 is 10.6 Å². The van der Waals surface area contributed by atoms with Crippen LogP contribution in [0.1, 0.15) is 21.6 Å². The molecule has 0 radical (unpaired) electrons. The van der Waals surface area contributed by atoms with Gasteiger partial charge in [-0.1, -0.05) is 6.07 Å². The summed E-state index contributed by atoms with van der Waals surface area (Å²) in [5, 5.41) is 13.3. The van der Waals surface area contributed by atoms with Crippen LogP contribution in [0.4, 0.5) is 10.2 Å². The lowest BCUT2D eigenvalue weighted by Gasteiger charge is -2.08. The van der Waals surface area contributed by atoms with Crippen molar-refractivity contribution in [3.05, 3.63) is 53.0 Å². The Kier molecular flexibility index (Phi) is 5.37. The molecule has 0 fully saturated rings. The van der Waals surface area contributed by atoms with Crippen molar-refractivity contribution in [1.82, 2.24) is 15.5 Å². The van der Waals surface area contributed by atoms with Crippen LogP contribution in [0, 0.1) is 5.82 Å². The number of halogens is 1. The fourth-order valence-corrected chi connectivity index (χ4v) is 1.87. The Balaban J connectivity index is 2.00. The molecule has 0 spiro atoms. The molecule has 2 rings (SSSR count). The molecular weight excluding hydrogens is 287 g/mol. The van der Waals surface area contributed by atoms with Gasteiger partial charge in [-0.15, -0.1) is 10.2 Å². The second kappa shape index (κ2) is 7.46. The summed E-state index contributed by atoms with van der Waals surface area (Å²) in [5.74, 6) is -0.0487. The minimum atomic E-state index is -0.291. The van der Waals surface area contributed by atoms with Crippen molar-refractivity contribution >= 4 is 11.7 Å². The summed E-state index contributed by atoms with van der Waals surface area (Å²) in [6.45, 7) is 0.686. The Labute approximate surface area is 127 Å². The molecule has 1 heterocycles. The Morgan fingerprint density at radius 3 is 2.73 bits per heavy atom. The molecule has 0 aliphatic heterocycles. The van der Waals surface area contributed by atoms with E-state index in [0.29, 0.717) is 17.9 Å². The predicted octanol–water partition coefficient (Wildman–Crippen LogP) is 1.73. The number of rotatable bonds is 6. The van der Waals surface area contributed by atoms with Crippen LogP contribution in [0.25, 0.3) is 0 Å². The molecule has 1 aromatic heterocycles. The highest BCUT2D eigenvalue weighted by molar-refractivity contribution is 5.91. The Hall–Kier alpha value is -2.54. The topological polar surface area (TPSA) is 76.1 Å². The van der Waals surface area contributed by atoms with Crippen molar-refractivity contribution in [2.24, 2.45) is 0 Å². The lowest BCUT2D eigenvalue weighted by molar-refractivity contribution is 0.0957. The zero-order valence-corrected chi connectivity index (χ0v) is 12.4. The van der Waals surface area contributed by atoms with Gasteiger partial charge in [0.2, 0.25) is 0 Å². The van der Waals surface area contributed by atoms with Crippen molar-refractivity contribution in [3.8, 4) is 0 Å². The molecule has 6 nitrogen and oxygen atoms in total. The van der Waals surface area contributed by atoms with Crippen molar-refractivity contribution in [2.75, 3.05) is 19.5 Å². The normalized spacial score (nSPS) is 10.3. The van der Waals surface area contributed by atoms with E-state index in [0.717, 1.165) is 5.56 Å². The van der Waals surface area contributed by atoms with Gasteiger partial charge in [-0.25, -0.2) is 4.39 Å². The summed E-state index contributed by atoms with van der Waals surface area (Å²) in [6.07, 6.45) is 0. The molecule has 0 aliphatic carbocycles. The molecule has 7 heteroatoms. The third-order valence-corrected chi connectivity index (χ3v) is 3.01. The van der Waals surface area contributed by atoms with Crippen molar-refractivity contribution in [3.63, 3.8) is 0 Å². The van der Waals surface area contributed by atoms with Crippen molar-refractivity contribution in [2.45, 2.75) is 13.2 Å². The quantitative estimate of drug-likeness (QED) is 0.850. The van der Waals surface area contributed by atoms with E-state index in [2.05, 4.69) is 20.8 Å². The minimum Gasteiger partial charge on any atom is -0.380 e. The predicted molar refractivity (Wildman–Crippen MR) is 79.9 cm³/mol. The van der Waals surface area contributed by atoms with Gasteiger partial charge in [0.1, 0.15) is 11.6 Å². The lowest BCUT2D eigenvalue weighted by atomic mass is 10.1. The summed E-state index contributed by atoms with van der Waals surface area (Å²) in [4.78, 5) is 11.4. The Bertz CT molecular complexity index is 646. The number of anilines is 1. The van der Waals surface area contributed by atoms with Crippen molar-refractivity contribution in [1.29, 1.82) is 0 Å². The molecule has 2 aromatic rings. The smallest absolute Gasteiger partial charge is 0.271 e. The van der Waals surface area contributed by atoms with Gasteiger partial charge in [0.25, 0.3) is 5.91 Å². The van der Waals surface area contributed by atoms with Crippen LogP contribution in [-0.2, 0) is 17.9 Å². The monoisotopic (exact) mass is 304 g/mol. The molecule has 0 unspecified atom stereocenters. The molecule has 116 valence electrons. The molecule has 0 saturated carbocycles. The standard InChI is InChI=1S/C15H17FN4O2/c1-17-15(21)13-5-6-14(20-19-13)18-8-10-3-4-12(16)11(7-10)9-22-2/h3-7H,8-9H2,1-2H3,(H,17,21)(H,18,20). The highest BCUT2D eigenvalue weighted by atomic mass is 19.1. The number of benzene rings is 1. The summed E-state index contributed by atoms with van der Waals surface area (Å²) in [5.41, 5.74) is 1.64. The average Bonchev–Trinajstić information content (AvgIpc) is 2.55. The highest BCUT2D eigenvalue weighted by Crippen LogP contribution is 2.13. The highest BCUT2D eigenvalue weighted by Gasteiger charge is 2.06. The summed E-state index contributed by atoms with van der Waals surface area (Å²) in [6, 6.07) is 8.07. The van der Waals surface area contributed by atoms with Gasteiger partial charge < -0.3 is 15.4 Å². The third-order valence-electron chi connectivity index (χ3n) is 3.01. The molecule has 0 saturated heterocycles. The van der Waals surface area contributed by atoms with E-state index in [1.165, 1.54) is 20.2 Å². The van der Waals surface area contributed by atoms with Crippen LogP contribution in [0.3, 0.4) is 0 Å². The van der Waals surface area contributed by atoms with E-state index in [-0.39, 0.29) is 24.0 Å². The summed E-state index contributed by atoms with van der Waals surface area (Å²) in [7, 11) is 3.05. The number of aromatic nitrogens is 2. The molecular formula is C15H17FN4O2. The van der Waals surface area contributed by atoms with E-state index in [4.69, 9.17) is 4.74 Å². The fourth-order valence-electron chi connectivity index (χ4n) is 1.87. The van der Waals surface area contributed by atoms with Gasteiger partial charge in [-0.2, -0.15) is 0 Å². The summed E-state index contributed by atoms with van der Waals surface area (Å²) >= 11 is 0. The Morgan fingerprint density at radius 2 is 2.09 bits per heavy atom. The zero-order chi connectivity index (χ0) is 15.9. The first kappa shape index (κ1) is 15.8. The molecule has 0 atom stereocenters. The van der Waals surface area contributed by atoms with Crippen LogP contribution >= 0.6 is 0 Å². The van der Waals surface area contributed by atoms with Crippen LogP contribution in [0.2, 0.25) is 0 Å². The van der Waals surface area contributed by atoms with Gasteiger partial charge in [0.15, 0.2) is 5.69 Å². The third kappa shape index (κ3) is 3.98. The number of nitrogens with zero attached hydrogens (tertiary/aromatic N) is 2. The molecule has 1 amide bonds. The second-order valence-electron chi connectivity index (χ2n) is 4.60. The van der Waals surface area contributed by atoms with E-state index >= 15 is 0 Å². The van der Waals surface area contributed by atoms with E-state index in [9.17, 15) is 9.18 Å². The zero-order valence-electron chi connectivity index (χ0n) is 12.4. The maximum atomic E-state index is 13.5. The van der Waals surface area contributed by atoms with Crippen LogP contribution in [-0.4, -0.2) is 30.3 Å². The number of nitrogens with one attached hydrogen (secondary N) is 2. The van der Waals surface area contributed by atoms with E-state index < -0.39 is 0 Å². The first-order chi connectivity index (χ1) is 10.6. The van der Waals surface area contributed by atoms with Crippen LogP contribution in [0.15, 0.2) is 30.3 Å². The SMILES string of the molecule is CNC(=O)c1ccc(NCc2ccc(F)c(COC)c2)nn1. The second-order valence-corrected chi connectivity index (χ2v) is 4.60. The molecule has 2 N–H and O–H groups in total. The number of carbonyl (C=O) groups excluding carboxylic acids is 1. The summed E-state index contributed by atoms with van der Waals surface area (Å²) < 4.78 is 18.5. The van der Waals surface area contributed by atoms with E-state index in [1.54, 1.807) is 24.3 Å². The fraction of sp³-hybridized carbons (Fsp3) is 0.267. The van der Waals surface area contributed by atoms with Crippen LogP contribution in [0.5, 0.6) is 0 Å². The number of hydrogen-bond donors (Lipinski definition) is 2. The largest absolute Gasteiger partial charge is 0.380 e. The number of hydrogen-bond acceptors (Lipinski definition) is 5. The Morgan fingerprint density at radius 1 is 1.27 bits per heavy atom. The van der Waals surface area contributed by atoms with Gasteiger partial charge in [0, 0.05) is 26.3 Å². The maximum Gasteiger partial charge on any atom is 0.271 e. The number of ether oxygens (including phenoxy) is 1. The first-order valence-electron chi connectivity index (χ1n) is 6.70.